The fourth-order valence-corrected chi connectivity index (χ4v) is 1.54. The summed E-state index contributed by atoms with van der Waals surface area (Å²) >= 11 is 0. The van der Waals surface area contributed by atoms with Gasteiger partial charge in [0.2, 0.25) is 0 Å². The van der Waals surface area contributed by atoms with Crippen molar-refractivity contribution < 1.29 is 19.1 Å². The molecule has 1 aromatic rings. The summed E-state index contributed by atoms with van der Waals surface area (Å²) in [6, 6.07) is 6.92. The molecule has 0 fully saturated rings. The molecule has 0 heterocycles. The lowest BCUT2D eigenvalue weighted by Gasteiger charge is -2.21. The molecule has 0 atom stereocenters. The monoisotopic (exact) mass is 264 g/mol. The van der Waals surface area contributed by atoms with Crippen molar-refractivity contribution in [2.24, 2.45) is 5.41 Å². The molecular weight excluding hydrogens is 244 g/mol. The maximum atomic E-state index is 11.5. The number of hydrogen-bond acceptors (Lipinski definition) is 4. The topological polar surface area (TPSA) is 52.6 Å². The summed E-state index contributed by atoms with van der Waals surface area (Å²) in [5.74, 6) is 0.413. The van der Waals surface area contributed by atoms with Crippen LogP contribution in [0, 0.1) is 5.41 Å². The normalized spacial score (nSPS) is 10.9. The van der Waals surface area contributed by atoms with E-state index in [1.54, 1.807) is 38.1 Å². The molecule has 0 aliphatic rings. The number of Topliss-reactive ketones (excluding diaryl/α,β-unsaturated/α-hetero) is 1. The van der Waals surface area contributed by atoms with Gasteiger partial charge < -0.3 is 9.47 Å². The van der Waals surface area contributed by atoms with Gasteiger partial charge in [0.25, 0.3) is 0 Å². The van der Waals surface area contributed by atoms with Gasteiger partial charge in [-0.05, 0) is 38.1 Å². The van der Waals surface area contributed by atoms with Crippen LogP contribution >= 0.6 is 0 Å². The molecule has 0 aliphatic heterocycles. The Morgan fingerprint density at radius 2 is 1.74 bits per heavy atom. The number of benzene rings is 1. The number of rotatable bonds is 6. The van der Waals surface area contributed by atoms with Gasteiger partial charge in [-0.2, -0.15) is 0 Å². The van der Waals surface area contributed by atoms with Crippen LogP contribution < -0.4 is 4.74 Å². The Morgan fingerprint density at radius 3 is 2.21 bits per heavy atom. The van der Waals surface area contributed by atoms with Gasteiger partial charge in [-0.25, -0.2) is 0 Å². The maximum absolute atomic E-state index is 11.5. The van der Waals surface area contributed by atoms with Crippen molar-refractivity contribution >= 4 is 11.8 Å². The summed E-state index contributed by atoms with van der Waals surface area (Å²) in [4.78, 5) is 23.0. The number of hydrogen-bond donors (Lipinski definition) is 0. The molecule has 19 heavy (non-hydrogen) atoms. The third kappa shape index (κ3) is 4.09. The first-order chi connectivity index (χ1) is 8.90. The van der Waals surface area contributed by atoms with Crippen molar-refractivity contribution in [1.82, 2.24) is 0 Å². The Hall–Kier alpha value is -1.84. The average Bonchev–Trinajstić information content (AvgIpc) is 2.43. The molecule has 0 unspecified atom stereocenters. The molecule has 0 saturated heterocycles. The second-order valence-electron chi connectivity index (χ2n) is 4.97. The van der Waals surface area contributed by atoms with Crippen LogP contribution in [0.4, 0.5) is 0 Å². The lowest BCUT2D eigenvalue weighted by molar-refractivity contribution is -0.152. The van der Waals surface area contributed by atoms with E-state index in [0.29, 0.717) is 17.7 Å². The molecular formula is C15H20O4. The Morgan fingerprint density at radius 1 is 1.16 bits per heavy atom. The lowest BCUT2D eigenvalue weighted by atomic mass is 9.95. The minimum Gasteiger partial charge on any atom is -0.492 e. The van der Waals surface area contributed by atoms with Crippen molar-refractivity contribution in [1.29, 1.82) is 0 Å². The molecule has 0 aromatic heterocycles. The van der Waals surface area contributed by atoms with Crippen LogP contribution in [-0.4, -0.2) is 25.5 Å². The third-order valence-corrected chi connectivity index (χ3v) is 2.84. The van der Waals surface area contributed by atoms with E-state index in [9.17, 15) is 9.59 Å². The summed E-state index contributed by atoms with van der Waals surface area (Å²) in [7, 11) is 1.36. The van der Waals surface area contributed by atoms with Gasteiger partial charge >= 0.3 is 5.97 Å². The highest BCUT2D eigenvalue weighted by Crippen LogP contribution is 2.20. The highest BCUT2D eigenvalue weighted by atomic mass is 16.5. The van der Waals surface area contributed by atoms with E-state index in [4.69, 9.17) is 9.47 Å². The van der Waals surface area contributed by atoms with E-state index < -0.39 is 5.41 Å². The molecule has 0 aliphatic carbocycles. The van der Waals surface area contributed by atoms with Crippen molar-refractivity contribution in [3.8, 4) is 5.75 Å². The highest BCUT2D eigenvalue weighted by molar-refractivity contribution is 5.95. The largest absolute Gasteiger partial charge is 0.492 e. The van der Waals surface area contributed by atoms with Gasteiger partial charge in [0, 0.05) is 12.0 Å². The molecule has 104 valence electrons. The van der Waals surface area contributed by atoms with E-state index in [1.807, 2.05) is 6.92 Å². The first-order valence-electron chi connectivity index (χ1n) is 6.25. The summed E-state index contributed by atoms with van der Waals surface area (Å²) in [5.41, 5.74) is -0.0331. The van der Waals surface area contributed by atoms with Gasteiger partial charge in [0.15, 0.2) is 5.78 Å². The maximum Gasteiger partial charge on any atom is 0.314 e. The van der Waals surface area contributed by atoms with Gasteiger partial charge in [-0.1, -0.05) is 6.92 Å². The van der Waals surface area contributed by atoms with Crippen LogP contribution in [0.2, 0.25) is 0 Å². The second kappa shape index (κ2) is 6.36. The molecule has 4 nitrogen and oxygen atoms in total. The molecule has 1 rings (SSSR count). The molecule has 0 bridgehead atoms. The number of ether oxygens (including phenoxy) is 2. The zero-order chi connectivity index (χ0) is 14.5. The predicted molar refractivity (Wildman–Crippen MR) is 72.4 cm³/mol. The highest BCUT2D eigenvalue weighted by Gasteiger charge is 2.29. The fourth-order valence-electron chi connectivity index (χ4n) is 1.54. The molecule has 0 amide bonds. The quantitative estimate of drug-likeness (QED) is 0.585. The summed E-state index contributed by atoms with van der Waals surface area (Å²) in [6.45, 7) is 5.56. The van der Waals surface area contributed by atoms with Gasteiger partial charge in [-0.15, -0.1) is 0 Å². The van der Waals surface area contributed by atoms with Crippen LogP contribution in [0.25, 0.3) is 0 Å². The first-order valence-corrected chi connectivity index (χ1v) is 6.25. The van der Waals surface area contributed by atoms with E-state index in [0.717, 1.165) is 0 Å². The van der Waals surface area contributed by atoms with Crippen molar-refractivity contribution in [3.05, 3.63) is 29.8 Å². The Bertz CT molecular complexity index is 446. The number of ketones is 1. The van der Waals surface area contributed by atoms with Crippen LogP contribution in [-0.2, 0) is 9.53 Å². The van der Waals surface area contributed by atoms with Crippen LogP contribution in [0.3, 0.4) is 0 Å². The van der Waals surface area contributed by atoms with Gasteiger partial charge in [0.1, 0.15) is 12.4 Å². The third-order valence-electron chi connectivity index (χ3n) is 2.84. The Balaban J connectivity index is 2.64. The number of esters is 1. The summed E-state index contributed by atoms with van der Waals surface area (Å²) in [5, 5.41) is 0. The van der Waals surface area contributed by atoms with Crippen LogP contribution in [0.5, 0.6) is 5.75 Å². The van der Waals surface area contributed by atoms with Crippen LogP contribution in [0.15, 0.2) is 24.3 Å². The number of carbonyl (C=O) groups is 2. The van der Waals surface area contributed by atoms with E-state index in [-0.39, 0.29) is 18.4 Å². The zero-order valence-electron chi connectivity index (χ0n) is 11.9. The standard InChI is InChI=1S/C15H20O4/c1-5-13(16)11-6-8-12(9-7-11)19-10-15(2,3)14(17)18-4/h6-9H,5,10H2,1-4H3. The van der Waals surface area contributed by atoms with Gasteiger partial charge in [-0.3, -0.25) is 9.59 Å². The van der Waals surface area contributed by atoms with Crippen molar-refractivity contribution in [3.63, 3.8) is 0 Å². The minimum absolute atomic E-state index is 0.0986. The number of methoxy groups -OCH3 is 1. The average molecular weight is 264 g/mol. The molecule has 0 N–H and O–H groups in total. The van der Waals surface area contributed by atoms with Crippen molar-refractivity contribution in [2.45, 2.75) is 27.2 Å². The van der Waals surface area contributed by atoms with Crippen molar-refractivity contribution in [2.75, 3.05) is 13.7 Å². The molecule has 0 saturated carbocycles. The Labute approximate surface area is 113 Å². The summed E-state index contributed by atoms with van der Waals surface area (Å²) in [6.07, 6.45) is 0.482. The van der Waals surface area contributed by atoms with Gasteiger partial charge in [0.05, 0.1) is 12.5 Å². The SMILES string of the molecule is CCC(=O)c1ccc(OCC(C)(C)C(=O)OC)cc1. The fraction of sp³-hybridized carbons (Fsp3) is 0.467. The zero-order valence-corrected chi connectivity index (χ0v) is 11.9. The molecule has 0 radical (unpaired) electrons. The van der Waals surface area contributed by atoms with Crippen LogP contribution in [0.1, 0.15) is 37.6 Å². The Kier molecular flexibility index (Phi) is 5.10. The molecule has 1 aromatic carbocycles. The minimum atomic E-state index is -0.702. The molecule has 4 heteroatoms. The molecule has 0 spiro atoms. The predicted octanol–water partition coefficient (Wildman–Crippen LogP) is 2.86. The smallest absolute Gasteiger partial charge is 0.314 e. The first kappa shape index (κ1) is 15.2. The van der Waals surface area contributed by atoms with E-state index in [1.165, 1.54) is 7.11 Å². The lowest BCUT2D eigenvalue weighted by Crippen LogP contribution is -2.32. The summed E-state index contributed by atoms with van der Waals surface area (Å²) < 4.78 is 10.3. The second-order valence-corrected chi connectivity index (χ2v) is 4.97. The van der Waals surface area contributed by atoms with E-state index >= 15 is 0 Å². The van der Waals surface area contributed by atoms with E-state index in [2.05, 4.69) is 0 Å². The number of carbonyl (C=O) groups excluding carboxylic acids is 2.